The molecule has 0 unspecified atom stereocenters. The third-order valence-electron chi connectivity index (χ3n) is 9.03. The summed E-state index contributed by atoms with van der Waals surface area (Å²) in [5.41, 5.74) is 0.0603. The highest BCUT2D eigenvalue weighted by atomic mass is 16.5. The second kappa shape index (κ2) is 13.9. The molecule has 3 amide bonds. The number of hydrogen-bond acceptors (Lipinski definition) is 6. The molecule has 0 radical (unpaired) electrons. The summed E-state index contributed by atoms with van der Waals surface area (Å²) in [5, 5.41) is 17.1. The van der Waals surface area contributed by atoms with Crippen molar-refractivity contribution in [3.63, 3.8) is 0 Å². The number of carbonyl (C=O) groups is 3. The Bertz CT molecular complexity index is 999. The van der Waals surface area contributed by atoms with E-state index >= 15 is 0 Å². The Balaban J connectivity index is 1.36. The third-order valence-corrected chi connectivity index (χ3v) is 9.03. The SMILES string of the molecule is CCCCN1C(=O)[C@@H](CC2(O)CCCCC2)NC(=O)C12CCN(Cc1ccc(C(=O)NCCCOC)cc1)CC2. The molecule has 4 rings (SSSR count). The van der Waals surface area contributed by atoms with Crippen molar-refractivity contribution in [3.05, 3.63) is 35.4 Å². The Morgan fingerprint density at radius 3 is 2.42 bits per heavy atom. The summed E-state index contributed by atoms with van der Waals surface area (Å²) >= 11 is 0. The van der Waals surface area contributed by atoms with Crippen LogP contribution in [0.3, 0.4) is 0 Å². The number of nitrogens with zero attached hydrogens (tertiary/aromatic N) is 2. The van der Waals surface area contributed by atoms with Crippen LogP contribution in [-0.2, 0) is 20.9 Å². The molecule has 1 atom stereocenters. The lowest BCUT2D eigenvalue weighted by atomic mass is 9.77. The Morgan fingerprint density at radius 1 is 1.07 bits per heavy atom. The van der Waals surface area contributed by atoms with E-state index in [-0.39, 0.29) is 17.7 Å². The van der Waals surface area contributed by atoms with Gasteiger partial charge in [0, 0.05) is 58.4 Å². The smallest absolute Gasteiger partial charge is 0.251 e. The number of benzene rings is 1. The normalized spacial score (nSPS) is 22.8. The molecule has 40 heavy (non-hydrogen) atoms. The first-order valence-corrected chi connectivity index (χ1v) is 15.2. The lowest BCUT2D eigenvalue weighted by Crippen LogP contribution is -2.73. The Labute approximate surface area is 239 Å². The van der Waals surface area contributed by atoms with Gasteiger partial charge in [-0.2, -0.15) is 0 Å². The van der Waals surface area contributed by atoms with Crippen molar-refractivity contribution in [2.45, 2.75) is 101 Å². The molecule has 9 nitrogen and oxygen atoms in total. The molecule has 9 heteroatoms. The molecule has 0 aromatic heterocycles. The maximum atomic E-state index is 13.8. The number of hydrogen-bond donors (Lipinski definition) is 3. The molecule has 1 aliphatic carbocycles. The molecule has 0 bridgehead atoms. The van der Waals surface area contributed by atoms with Crippen LogP contribution < -0.4 is 10.6 Å². The monoisotopic (exact) mass is 556 g/mol. The molecule has 3 fully saturated rings. The fraction of sp³-hybridized carbons (Fsp3) is 0.710. The minimum atomic E-state index is -0.865. The highest BCUT2D eigenvalue weighted by Gasteiger charge is 2.54. The zero-order valence-electron chi connectivity index (χ0n) is 24.4. The number of methoxy groups -OCH3 is 1. The molecule has 1 aromatic rings. The number of carbonyl (C=O) groups excluding carboxylic acids is 3. The molecule has 1 aromatic carbocycles. The maximum Gasteiger partial charge on any atom is 0.251 e. The molecule has 222 valence electrons. The van der Waals surface area contributed by atoms with Crippen LogP contribution in [0.4, 0.5) is 0 Å². The van der Waals surface area contributed by atoms with Gasteiger partial charge in [0.05, 0.1) is 5.60 Å². The van der Waals surface area contributed by atoms with E-state index in [2.05, 4.69) is 22.5 Å². The number of piperazine rings is 1. The van der Waals surface area contributed by atoms with Crippen LogP contribution in [0.15, 0.2) is 24.3 Å². The van der Waals surface area contributed by atoms with Crippen molar-refractivity contribution in [1.82, 2.24) is 20.4 Å². The Kier molecular flexibility index (Phi) is 10.6. The van der Waals surface area contributed by atoms with Crippen LogP contribution in [-0.4, -0.2) is 89.7 Å². The summed E-state index contributed by atoms with van der Waals surface area (Å²) in [6.45, 7) is 6.02. The van der Waals surface area contributed by atoms with Gasteiger partial charge in [-0.3, -0.25) is 19.3 Å². The highest BCUT2D eigenvalue weighted by Crippen LogP contribution is 2.37. The zero-order valence-corrected chi connectivity index (χ0v) is 24.4. The van der Waals surface area contributed by atoms with E-state index in [1.807, 2.05) is 29.2 Å². The molecule has 3 N–H and O–H groups in total. The van der Waals surface area contributed by atoms with Gasteiger partial charge in [-0.25, -0.2) is 0 Å². The van der Waals surface area contributed by atoms with Crippen molar-refractivity contribution >= 4 is 17.7 Å². The molecule has 2 heterocycles. The number of likely N-dealkylation sites (tertiary alicyclic amines) is 1. The lowest BCUT2D eigenvalue weighted by molar-refractivity contribution is -0.163. The van der Waals surface area contributed by atoms with E-state index in [0.29, 0.717) is 70.5 Å². The summed E-state index contributed by atoms with van der Waals surface area (Å²) < 4.78 is 5.02. The van der Waals surface area contributed by atoms with Gasteiger partial charge in [-0.1, -0.05) is 44.7 Å². The van der Waals surface area contributed by atoms with Crippen molar-refractivity contribution in [3.8, 4) is 0 Å². The highest BCUT2D eigenvalue weighted by molar-refractivity contribution is 6.00. The number of nitrogens with one attached hydrogen (secondary N) is 2. The number of aliphatic hydroxyl groups is 1. The number of piperidine rings is 1. The van der Waals surface area contributed by atoms with Crippen LogP contribution in [0.5, 0.6) is 0 Å². The molecule has 2 saturated heterocycles. The van der Waals surface area contributed by atoms with E-state index < -0.39 is 17.2 Å². The summed E-state index contributed by atoms with van der Waals surface area (Å²) in [5.74, 6) is -0.179. The van der Waals surface area contributed by atoms with E-state index in [1.165, 1.54) is 0 Å². The van der Waals surface area contributed by atoms with Crippen LogP contribution in [0.1, 0.15) is 93.5 Å². The van der Waals surface area contributed by atoms with Gasteiger partial charge in [-0.15, -0.1) is 0 Å². The van der Waals surface area contributed by atoms with Crippen LogP contribution in [0.25, 0.3) is 0 Å². The fourth-order valence-electron chi connectivity index (χ4n) is 6.57. The van der Waals surface area contributed by atoms with E-state index in [1.54, 1.807) is 7.11 Å². The van der Waals surface area contributed by atoms with Crippen molar-refractivity contribution < 1.29 is 24.2 Å². The zero-order chi connectivity index (χ0) is 28.6. The molecular formula is C31H48N4O5. The predicted molar refractivity (Wildman–Crippen MR) is 154 cm³/mol. The first kappa shape index (κ1) is 30.5. The van der Waals surface area contributed by atoms with Gasteiger partial charge in [0.25, 0.3) is 5.91 Å². The first-order valence-electron chi connectivity index (χ1n) is 15.2. The van der Waals surface area contributed by atoms with Crippen molar-refractivity contribution in [2.24, 2.45) is 0 Å². The fourth-order valence-corrected chi connectivity index (χ4v) is 6.57. The van der Waals surface area contributed by atoms with E-state index in [4.69, 9.17) is 4.74 Å². The van der Waals surface area contributed by atoms with Crippen molar-refractivity contribution in [1.29, 1.82) is 0 Å². The summed E-state index contributed by atoms with van der Waals surface area (Å²) in [6, 6.07) is 7.03. The van der Waals surface area contributed by atoms with Crippen molar-refractivity contribution in [2.75, 3.05) is 39.9 Å². The minimum absolute atomic E-state index is 0.0309. The van der Waals surface area contributed by atoms with Crippen LogP contribution in [0.2, 0.25) is 0 Å². The average Bonchev–Trinajstić information content (AvgIpc) is 2.96. The van der Waals surface area contributed by atoms with Crippen LogP contribution >= 0.6 is 0 Å². The summed E-state index contributed by atoms with van der Waals surface area (Å²) in [7, 11) is 1.65. The largest absolute Gasteiger partial charge is 0.390 e. The van der Waals surface area contributed by atoms with Gasteiger partial charge >= 0.3 is 0 Å². The van der Waals surface area contributed by atoms with Crippen LogP contribution in [0, 0.1) is 0 Å². The average molecular weight is 557 g/mol. The number of ether oxygens (including phenoxy) is 1. The second-order valence-corrected chi connectivity index (χ2v) is 12.0. The second-order valence-electron chi connectivity index (χ2n) is 12.0. The quantitative estimate of drug-likeness (QED) is 0.342. The van der Waals surface area contributed by atoms with Gasteiger partial charge in [0.1, 0.15) is 11.6 Å². The number of amides is 3. The predicted octanol–water partition coefficient (Wildman–Crippen LogP) is 3.00. The molecule has 3 aliphatic rings. The standard InChI is InChI=1S/C31H48N4O5/c1-3-4-18-35-28(37)26(22-30(39)13-6-5-7-14-30)33-29(38)31(35)15-19-34(20-16-31)23-24-9-11-25(12-10-24)27(36)32-17-8-21-40-2/h9-12,26,39H,3-8,13-23H2,1-2H3,(H,32,36)(H,33,38)/t26-/m1/s1. The first-order chi connectivity index (χ1) is 19.3. The van der Waals surface area contributed by atoms with Gasteiger partial charge in [-0.05, 0) is 56.2 Å². The number of unbranched alkanes of at least 4 members (excludes halogenated alkanes) is 1. The Morgan fingerprint density at radius 2 is 1.77 bits per heavy atom. The third kappa shape index (κ3) is 7.22. The molecule has 2 aliphatic heterocycles. The van der Waals surface area contributed by atoms with E-state index in [9.17, 15) is 19.5 Å². The van der Waals surface area contributed by atoms with Gasteiger partial charge in [0.2, 0.25) is 11.8 Å². The number of rotatable bonds is 12. The van der Waals surface area contributed by atoms with Gasteiger partial charge in [0.15, 0.2) is 0 Å². The Hall–Kier alpha value is -2.49. The lowest BCUT2D eigenvalue weighted by Gasteiger charge is -2.52. The topological polar surface area (TPSA) is 111 Å². The molecular weight excluding hydrogens is 508 g/mol. The summed E-state index contributed by atoms with van der Waals surface area (Å²) in [4.78, 5) is 44.0. The van der Waals surface area contributed by atoms with Gasteiger partial charge < -0.3 is 25.4 Å². The molecule has 1 spiro atoms. The maximum absolute atomic E-state index is 13.8. The summed E-state index contributed by atoms with van der Waals surface area (Å²) in [6.07, 6.45) is 8.51. The van der Waals surface area contributed by atoms with E-state index in [0.717, 1.165) is 50.6 Å². The minimum Gasteiger partial charge on any atom is -0.390 e. The molecule has 1 saturated carbocycles.